The Morgan fingerprint density at radius 3 is 2.72 bits per heavy atom. The van der Waals surface area contributed by atoms with Crippen LogP contribution in [0.4, 0.5) is 0 Å². The molecule has 1 atom stereocenters. The molecular formula is C12H18N6. The number of hydrogen-bond acceptors (Lipinski definition) is 5. The third-order valence-electron chi connectivity index (χ3n) is 2.84. The number of rotatable bonds is 5. The fraction of sp³-hybridized carbons (Fsp3) is 0.417. The summed E-state index contributed by atoms with van der Waals surface area (Å²) < 4.78 is 1.80. The topological polar surface area (TPSA) is 81.7 Å². The Balaban J connectivity index is 1.99. The lowest BCUT2D eigenvalue weighted by atomic mass is 10.1. The summed E-state index contributed by atoms with van der Waals surface area (Å²) in [7, 11) is 1.91. The minimum atomic E-state index is 0.0123. The molecule has 0 fully saturated rings. The van der Waals surface area contributed by atoms with Crippen LogP contribution >= 0.6 is 0 Å². The highest BCUT2D eigenvalue weighted by atomic mass is 15.2. The minimum absolute atomic E-state index is 0.0123. The summed E-state index contributed by atoms with van der Waals surface area (Å²) in [6, 6.07) is 0.0123. The van der Waals surface area contributed by atoms with Gasteiger partial charge in [-0.25, -0.2) is 0 Å². The fourth-order valence-corrected chi connectivity index (χ4v) is 1.81. The van der Waals surface area contributed by atoms with E-state index in [1.807, 2.05) is 26.4 Å². The number of nitrogens with zero attached hydrogens (tertiary/aromatic N) is 4. The zero-order valence-corrected chi connectivity index (χ0v) is 10.7. The molecule has 0 bridgehead atoms. The highest BCUT2D eigenvalue weighted by Crippen LogP contribution is 2.15. The van der Waals surface area contributed by atoms with Crippen molar-refractivity contribution in [2.45, 2.75) is 25.8 Å². The van der Waals surface area contributed by atoms with E-state index in [1.165, 1.54) is 5.56 Å². The largest absolute Gasteiger partial charge is 0.276 e. The molecule has 0 saturated carbocycles. The first-order valence-corrected chi connectivity index (χ1v) is 5.91. The van der Waals surface area contributed by atoms with Gasteiger partial charge in [0.2, 0.25) is 0 Å². The van der Waals surface area contributed by atoms with E-state index < -0.39 is 0 Å². The number of hydrogen-bond donors (Lipinski definition) is 2. The molecule has 0 radical (unpaired) electrons. The molecule has 2 aromatic heterocycles. The molecule has 96 valence electrons. The van der Waals surface area contributed by atoms with Crippen LogP contribution in [0.25, 0.3) is 0 Å². The highest BCUT2D eigenvalue weighted by molar-refractivity contribution is 5.08. The average molecular weight is 246 g/mol. The highest BCUT2D eigenvalue weighted by Gasteiger charge is 2.12. The molecule has 0 aromatic carbocycles. The zero-order chi connectivity index (χ0) is 13.0. The SMILES string of the molecule is Cc1cnc(C(CCc2cnn(C)c2)NN)cn1. The van der Waals surface area contributed by atoms with E-state index in [9.17, 15) is 0 Å². The molecule has 18 heavy (non-hydrogen) atoms. The van der Waals surface area contributed by atoms with Gasteiger partial charge >= 0.3 is 0 Å². The molecule has 0 spiro atoms. The van der Waals surface area contributed by atoms with Crippen LogP contribution in [-0.2, 0) is 13.5 Å². The van der Waals surface area contributed by atoms with Gasteiger partial charge in [0.1, 0.15) is 0 Å². The number of nitrogens with two attached hydrogens (primary N) is 1. The van der Waals surface area contributed by atoms with Gasteiger partial charge in [-0.2, -0.15) is 5.10 Å². The molecule has 0 aliphatic heterocycles. The summed E-state index contributed by atoms with van der Waals surface area (Å²) in [6.45, 7) is 1.91. The molecule has 6 heteroatoms. The van der Waals surface area contributed by atoms with E-state index in [-0.39, 0.29) is 6.04 Å². The van der Waals surface area contributed by atoms with Crippen LogP contribution in [0.2, 0.25) is 0 Å². The van der Waals surface area contributed by atoms with Gasteiger partial charge in [-0.3, -0.25) is 25.9 Å². The predicted octanol–water partition coefficient (Wildman–Crippen LogP) is 0.656. The average Bonchev–Trinajstić information content (AvgIpc) is 2.78. The monoisotopic (exact) mass is 246 g/mol. The van der Waals surface area contributed by atoms with Gasteiger partial charge < -0.3 is 0 Å². The molecule has 1 unspecified atom stereocenters. The van der Waals surface area contributed by atoms with Crippen molar-refractivity contribution >= 4 is 0 Å². The first kappa shape index (κ1) is 12.7. The van der Waals surface area contributed by atoms with Crippen molar-refractivity contribution in [1.29, 1.82) is 0 Å². The maximum Gasteiger partial charge on any atom is 0.0769 e. The van der Waals surface area contributed by atoms with Gasteiger partial charge in [-0.1, -0.05) is 0 Å². The molecule has 6 nitrogen and oxygen atoms in total. The maximum absolute atomic E-state index is 5.57. The van der Waals surface area contributed by atoms with Crippen molar-refractivity contribution in [2.75, 3.05) is 0 Å². The van der Waals surface area contributed by atoms with Crippen LogP contribution in [-0.4, -0.2) is 19.7 Å². The van der Waals surface area contributed by atoms with Gasteiger partial charge in [0.05, 0.1) is 29.8 Å². The van der Waals surface area contributed by atoms with Crippen molar-refractivity contribution in [1.82, 2.24) is 25.2 Å². The first-order chi connectivity index (χ1) is 8.69. The van der Waals surface area contributed by atoms with E-state index in [2.05, 4.69) is 20.5 Å². The lowest BCUT2D eigenvalue weighted by Gasteiger charge is -2.14. The molecule has 2 heterocycles. The Hall–Kier alpha value is -1.79. The number of nitrogens with one attached hydrogen (secondary N) is 1. The predicted molar refractivity (Wildman–Crippen MR) is 68.4 cm³/mol. The van der Waals surface area contributed by atoms with Crippen LogP contribution in [0.15, 0.2) is 24.8 Å². The number of aromatic nitrogens is 4. The summed E-state index contributed by atoms with van der Waals surface area (Å²) in [5.74, 6) is 5.57. The standard InChI is InChI=1S/C12H18N6/c1-9-5-15-12(7-14-9)11(17-13)4-3-10-6-16-18(2)8-10/h5-8,11,17H,3-4,13H2,1-2H3. The van der Waals surface area contributed by atoms with E-state index in [4.69, 9.17) is 5.84 Å². The fourth-order valence-electron chi connectivity index (χ4n) is 1.81. The van der Waals surface area contributed by atoms with Crippen LogP contribution in [0.5, 0.6) is 0 Å². The quantitative estimate of drug-likeness (QED) is 0.598. The molecule has 2 aromatic rings. The van der Waals surface area contributed by atoms with Gasteiger partial charge in [-0.05, 0) is 25.3 Å². The van der Waals surface area contributed by atoms with Crippen LogP contribution < -0.4 is 11.3 Å². The van der Waals surface area contributed by atoms with Crippen molar-refractivity contribution < 1.29 is 0 Å². The van der Waals surface area contributed by atoms with Crippen LogP contribution in [0.3, 0.4) is 0 Å². The Morgan fingerprint density at radius 2 is 2.17 bits per heavy atom. The van der Waals surface area contributed by atoms with Crippen LogP contribution in [0, 0.1) is 6.92 Å². The van der Waals surface area contributed by atoms with Gasteiger partial charge in [0, 0.05) is 19.4 Å². The lowest BCUT2D eigenvalue weighted by Crippen LogP contribution is -2.29. The Labute approximate surface area is 106 Å². The van der Waals surface area contributed by atoms with E-state index in [0.29, 0.717) is 0 Å². The lowest BCUT2D eigenvalue weighted by molar-refractivity contribution is 0.502. The second-order valence-electron chi connectivity index (χ2n) is 4.36. The van der Waals surface area contributed by atoms with Gasteiger partial charge in [-0.15, -0.1) is 0 Å². The van der Waals surface area contributed by atoms with Crippen molar-refractivity contribution in [3.63, 3.8) is 0 Å². The molecule has 0 aliphatic carbocycles. The smallest absolute Gasteiger partial charge is 0.0769 e. The normalized spacial score (nSPS) is 12.6. The van der Waals surface area contributed by atoms with E-state index in [1.54, 1.807) is 17.1 Å². The number of hydrazine groups is 1. The Bertz CT molecular complexity index is 490. The maximum atomic E-state index is 5.57. The first-order valence-electron chi connectivity index (χ1n) is 5.91. The van der Waals surface area contributed by atoms with Gasteiger partial charge in [0.15, 0.2) is 0 Å². The summed E-state index contributed by atoms with van der Waals surface area (Å²) in [6.07, 6.45) is 9.16. The van der Waals surface area contributed by atoms with E-state index in [0.717, 1.165) is 24.2 Å². The molecule has 0 aliphatic rings. The number of aryl methyl sites for hydroxylation is 3. The van der Waals surface area contributed by atoms with E-state index >= 15 is 0 Å². The summed E-state index contributed by atoms with van der Waals surface area (Å²) in [4.78, 5) is 8.57. The summed E-state index contributed by atoms with van der Waals surface area (Å²) in [5, 5.41) is 4.14. The second-order valence-corrected chi connectivity index (χ2v) is 4.36. The second kappa shape index (κ2) is 5.70. The van der Waals surface area contributed by atoms with Crippen molar-refractivity contribution in [3.05, 3.63) is 41.7 Å². The van der Waals surface area contributed by atoms with Crippen molar-refractivity contribution in [3.8, 4) is 0 Å². The molecule has 0 saturated heterocycles. The van der Waals surface area contributed by atoms with Crippen LogP contribution in [0.1, 0.15) is 29.4 Å². The Morgan fingerprint density at radius 1 is 1.33 bits per heavy atom. The summed E-state index contributed by atoms with van der Waals surface area (Å²) >= 11 is 0. The molecule has 0 amide bonds. The zero-order valence-electron chi connectivity index (χ0n) is 10.7. The van der Waals surface area contributed by atoms with Crippen molar-refractivity contribution in [2.24, 2.45) is 12.9 Å². The molecule has 3 N–H and O–H groups in total. The van der Waals surface area contributed by atoms with Gasteiger partial charge in [0.25, 0.3) is 0 Å². The Kier molecular flexibility index (Phi) is 4.01. The molecule has 2 rings (SSSR count). The minimum Gasteiger partial charge on any atom is -0.276 e. The third-order valence-corrected chi connectivity index (χ3v) is 2.84. The summed E-state index contributed by atoms with van der Waals surface area (Å²) in [5.41, 5.74) is 5.75. The molecular weight excluding hydrogens is 228 g/mol. The third kappa shape index (κ3) is 3.12.